The average molecular weight is 348 g/mol. The first-order valence-corrected chi connectivity index (χ1v) is 8.27. The molecule has 2 aromatic rings. The van der Waals surface area contributed by atoms with E-state index in [1.807, 2.05) is 19.9 Å². The minimum absolute atomic E-state index is 0.278. The van der Waals surface area contributed by atoms with Gasteiger partial charge in [-0.2, -0.15) is 0 Å². The summed E-state index contributed by atoms with van der Waals surface area (Å²) in [6.45, 7) is 5.75. The molecule has 0 fully saturated rings. The molecule has 2 N–H and O–H groups in total. The third-order valence-electron chi connectivity index (χ3n) is 3.45. The monoisotopic (exact) mass is 348 g/mol. The van der Waals surface area contributed by atoms with Crippen LogP contribution in [0.25, 0.3) is 0 Å². The number of carbonyl (C=O) groups excluding carboxylic acids is 2. The van der Waals surface area contributed by atoms with Gasteiger partial charge in [0.05, 0.1) is 25.0 Å². The van der Waals surface area contributed by atoms with E-state index in [1.54, 1.807) is 25.1 Å². The van der Waals surface area contributed by atoms with Crippen molar-refractivity contribution in [2.75, 3.05) is 24.4 Å². The van der Waals surface area contributed by atoms with Crippen LogP contribution in [0.3, 0.4) is 0 Å². The summed E-state index contributed by atoms with van der Waals surface area (Å²) in [5.74, 6) is 0.115. The molecule has 0 aliphatic carbocycles. The zero-order valence-electron chi connectivity index (χ0n) is 14.1. The van der Waals surface area contributed by atoms with Crippen LogP contribution in [0.15, 0.2) is 24.3 Å². The molecular formula is C17H20N2O4S. The summed E-state index contributed by atoms with van der Waals surface area (Å²) in [4.78, 5) is 25.4. The number of hydrogen-bond donors (Lipinski definition) is 2. The molecule has 2 rings (SSSR count). The van der Waals surface area contributed by atoms with Gasteiger partial charge in [0.15, 0.2) is 0 Å². The number of hydrogen-bond acceptors (Lipinski definition) is 5. The third kappa shape index (κ3) is 3.86. The van der Waals surface area contributed by atoms with E-state index >= 15 is 0 Å². The molecule has 0 aliphatic heterocycles. The molecule has 128 valence electrons. The molecule has 24 heavy (non-hydrogen) atoms. The molecule has 0 saturated carbocycles. The first-order valence-electron chi connectivity index (χ1n) is 7.46. The second-order valence-electron chi connectivity index (χ2n) is 4.99. The van der Waals surface area contributed by atoms with E-state index in [9.17, 15) is 9.59 Å². The van der Waals surface area contributed by atoms with Crippen molar-refractivity contribution in [3.63, 3.8) is 0 Å². The smallest absolute Gasteiger partial charge is 0.341 e. The summed E-state index contributed by atoms with van der Waals surface area (Å²) in [5.41, 5.74) is 1.75. The van der Waals surface area contributed by atoms with Gasteiger partial charge in [-0.1, -0.05) is 12.1 Å². The Kier molecular flexibility index (Phi) is 5.81. The number of nitrogens with one attached hydrogen (secondary N) is 2. The Morgan fingerprint density at radius 1 is 1.17 bits per heavy atom. The van der Waals surface area contributed by atoms with Crippen LogP contribution < -0.4 is 15.4 Å². The van der Waals surface area contributed by atoms with Gasteiger partial charge in [0, 0.05) is 4.88 Å². The number of rotatable bonds is 5. The lowest BCUT2D eigenvalue weighted by atomic mass is 10.1. The first kappa shape index (κ1) is 17.8. The van der Waals surface area contributed by atoms with Gasteiger partial charge in [0.2, 0.25) is 0 Å². The van der Waals surface area contributed by atoms with Crippen LogP contribution in [0.4, 0.5) is 15.5 Å². The van der Waals surface area contributed by atoms with Crippen molar-refractivity contribution in [2.24, 2.45) is 0 Å². The highest BCUT2D eigenvalue weighted by Crippen LogP contribution is 2.33. The minimum Gasteiger partial charge on any atom is -0.495 e. The van der Waals surface area contributed by atoms with Gasteiger partial charge < -0.3 is 14.8 Å². The second kappa shape index (κ2) is 7.83. The largest absolute Gasteiger partial charge is 0.495 e. The molecule has 1 aromatic heterocycles. The number of esters is 1. The minimum atomic E-state index is -0.453. The predicted octanol–water partition coefficient (Wildman–Crippen LogP) is 4.19. The summed E-state index contributed by atoms with van der Waals surface area (Å²) < 4.78 is 10.3. The standard InChI is InChI=1S/C17H20N2O4S/c1-5-23-16(20)14-10(2)11(3)24-15(14)19-17(21)18-12-8-6-7-9-13(12)22-4/h6-9H,5H2,1-4H3,(H2,18,19,21). The molecule has 2 amide bonds. The van der Waals surface area contributed by atoms with Crippen molar-refractivity contribution in [3.8, 4) is 5.75 Å². The van der Waals surface area contributed by atoms with Crippen LogP contribution in [0, 0.1) is 13.8 Å². The Morgan fingerprint density at radius 3 is 2.54 bits per heavy atom. The quantitative estimate of drug-likeness (QED) is 0.794. The Labute approximate surface area is 144 Å². The number of thiophene rings is 1. The molecular weight excluding hydrogens is 328 g/mol. The zero-order chi connectivity index (χ0) is 17.7. The Bertz CT molecular complexity index is 755. The van der Waals surface area contributed by atoms with Gasteiger partial charge in [0.25, 0.3) is 0 Å². The molecule has 0 bridgehead atoms. The highest BCUT2D eigenvalue weighted by atomic mass is 32.1. The van der Waals surface area contributed by atoms with Crippen molar-refractivity contribution >= 4 is 34.0 Å². The molecule has 0 aliphatic rings. The fourth-order valence-corrected chi connectivity index (χ4v) is 3.21. The summed E-state index contributed by atoms with van der Waals surface area (Å²) >= 11 is 1.34. The van der Waals surface area contributed by atoms with Crippen LogP contribution in [0.5, 0.6) is 5.75 Å². The zero-order valence-corrected chi connectivity index (χ0v) is 14.9. The molecule has 0 atom stereocenters. The number of ether oxygens (including phenoxy) is 2. The molecule has 0 radical (unpaired) electrons. The fourth-order valence-electron chi connectivity index (χ4n) is 2.17. The molecule has 1 aromatic carbocycles. The Balaban J connectivity index is 2.20. The number of para-hydroxylation sites is 2. The van der Waals surface area contributed by atoms with Crippen LogP contribution in [0.2, 0.25) is 0 Å². The van der Waals surface area contributed by atoms with Crippen molar-refractivity contribution in [3.05, 3.63) is 40.3 Å². The van der Waals surface area contributed by atoms with E-state index in [-0.39, 0.29) is 6.61 Å². The predicted molar refractivity (Wildman–Crippen MR) is 95.4 cm³/mol. The number of carbonyl (C=O) groups is 2. The molecule has 7 heteroatoms. The van der Waals surface area contributed by atoms with Gasteiger partial charge >= 0.3 is 12.0 Å². The number of benzene rings is 1. The maximum atomic E-state index is 12.3. The lowest BCUT2D eigenvalue weighted by Crippen LogP contribution is -2.21. The summed E-state index contributed by atoms with van der Waals surface area (Å²) in [6.07, 6.45) is 0. The Morgan fingerprint density at radius 2 is 1.88 bits per heavy atom. The van der Waals surface area contributed by atoms with Crippen LogP contribution in [-0.4, -0.2) is 25.7 Å². The summed E-state index contributed by atoms with van der Waals surface area (Å²) in [5, 5.41) is 5.91. The van der Waals surface area contributed by atoms with E-state index in [2.05, 4.69) is 10.6 Å². The lowest BCUT2D eigenvalue weighted by Gasteiger charge is -2.11. The number of anilines is 2. The lowest BCUT2D eigenvalue weighted by molar-refractivity contribution is 0.0527. The molecule has 1 heterocycles. The van der Waals surface area contributed by atoms with Crippen molar-refractivity contribution in [2.45, 2.75) is 20.8 Å². The van der Waals surface area contributed by atoms with Gasteiger partial charge in [0.1, 0.15) is 10.8 Å². The van der Waals surface area contributed by atoms with Crippen LogP contribution in [0.1, 0.15) is 27.7 Å². The molecule has 0 spiro atoms. The highest BCUT2D eigenvalue weighted by molar-refractivity contribution is 7.16. The number of amides is 2. The third-order valence-corrected chi connectivity index (χ3v) is 4.57. The summed E-state index contributed by atoms with van der Waals surface area (Å²) in [7, 11) is 1.53. The van der Waals surface area contributed by atoms with E-state index < -0.39 is 12.0 Å². The van der Waals surface area contributed by atoms with E-state index in [0.29, 0.717) is 22.0 Å². The van der Waals surface area contributed by atoms with Gasteiger partial charge in [-0.25, -0.2) is 9.59 Å². The Hall–Kier alpha value is -2.54. The second-order valence-corrected chi connectivity index (χ2v) is 6.21. The SMILES string of the molecule is CCOC(=O)c1c(NC(=O)Nc2ccccc2OC)sc(C)c1C. The first-order chi connectivity index (χ1) is 11.5. The maximum absolute atomic E-state index is 12.3. The summed E-state index contributed by atoms with van der Waals surface area (Å²) in [6, 6.07) is 6.63. The van der Waals surface area contributed by atoms with Crippen molar-refractivity contribution in [1.29, 1.82) is 0 Å². The van der Waals surface area contributed by atoms with Crippen molar-refractivity contribution in [1.82, 2.24) is 0 Å². The maximum Gasteiger partial charge on any atom is 0.341 e. The van der Waals surface area contributed by atoms with E-state index in [0.717, 1.165) is 10.4 Å². The highest BCUT2D eigenvalue weighted by Gasteiger charge is 2.22. The van der Waals surface area contributed by atoms with Crippen molar-refractivity contribution < 1.29 is 19.1 Å². The molecule has 0 unspecified atom stereocenters. The van der Waals surface area contributed by atoms with Gasteiger partial charge in [-0.05, 0) is 38.5 Å². The van der Waals surface area contributed by atoms with Gasteiger partial charge in [-0.3, -0.25) is 5.32 Å². The fraction of sp³-hybridized carbons (Fsp3) is 0.294. The van der Waals surface area contributed by atoms with Crippen LogP contribution >= 0.6 is 11.3 Å². The van der Waals surface area contributed by atoms with E-state index in [1.165, 1.54) is 18.4 Å². The number of methoxy groups -OCH3 is 1. The molecule has 6 nitrogen and oxygen atoms in total. The average Bonchev–Trinajstić information content (AvgIpc) is 2.82. The molecule has 0 saturated heterocycles. The normalized spacial score (nSPS) is 10.2. The van der Waals surface area contributed by atoms with Crippen LogP contribution in [-0.2, 0) is 4.74 Å². The van der Waals surface area contributed by atoms with E-state index in [4.69, 9.17) is 9.47 Å². The number of aryl methyl sites for hydroxylation is 1. The number of urea groups is 1. The van der Waals surface area contributed by atoms with Gasteiger partial charge in [-0.15, -0.1) is 11.3 Å². The topological polar surface area (TPSA) is 76.7 Å².